The van der Waals surface area contributed by atoms with Gasteiger partial charge in [0, 0.05) is 18.6 Å². The summed E-state index contributed by atoms with van der Waals surface area (Å²) in [5.74, 6) is 3.00. The highest BCUT2D eigenvalue weighted by Gasteiger charge is 2.29. The second-order valence-electron chi connectivity index (χ2n) is 10.1. The molecule has 6 heteroatoms. The Morgan fingerprint density at radius 2 is 1.24 bits per heavy atom. The van der Waals surface area contributed by atoms with Gasteiger partial charge in [-0.2, -0.15) is 5.10 Å². The highest BCUT2D eigenvalue weighted by molar-refractivity contribution is 6.01. The fourth-order valence-electron chi connectivity index (χ4n) is 4.39. The van der Waals surface area contributed by atoms with Gasteiger partial charge in [-0.3, -0.25) is 5.01 Å². The van der Waals surface area contributed by atoms with E-state index in [2.05, 4.69) is 68.3 Å². The first-order chi connectivity index (χ1) is 17.7. The molecule has 0 aliphatic carbocycles. The van der Waals surface area contributed by atoms with Crippen molar-refractivity contribution in [2.24, 2.45) is 5.10 Å². The number of methoxy groups -OCH3 is 4. The number of allylic oxidation sites excluding steroid dienone is 1. The van der Waals surface area contributed by atoms with Crippen molar-refractivity contribution in [3.8, 4) is 23.0 Å². The van der Waals surface area contributed by atoms with E-state index in [0.29, 0.717) is 0 Å². The summed E-state index contributed by atoms with van der Waals surface area (Å²) >= 11 is 0. The maximum Gasteiger partial charge on any atom is 0.123 e. The quantitative estimate of drug-likeness (QED) is 0.332. The van der Waals surface area contributed by atoms with Crippen LogP contribution in [0.4, 0.5) is 5.69 Å². The molecule has 1 atom stereocenters. The predicted molar refractivity (Wildman–Crippen MR) is 151 cm³/mol. The Balaban J connectivity index is 1.71. The molecule has 6 nitrogen and oxygen atoms in total. The minimum absolute atomic E-state index is 0.0102. The van der Waals surface area contributed by atoms with Crippen LogP contribution in [0.2, 0.25) is 0 Å². The second kappa shape index (κ2) is 11.0. The molecule has 37 heavy (non-hydrogen) atoms. The number of rotatable bonds is 8. The molecule has 1 aliphatic rings. The van der Waals surface area contributed by atoms with Crippen LogP contribution < -0.4 is 24.0 Å². The highest BCUT2D eigenvalue weighted by Crippen LogP contribution is 2.39. The van der Waals surface area contributed by atoms with Crippen molar-refractivity contribution in [1.29, 1.82) is 0 Å². The maximum absolute atomic E-state index is 5.55. The lowest BCUT2D eigenvalue weighted by Gasteiger charge is -2.26. The van der Waals surface area contributed by atoms with Gasteiger partial charge in [-0.05, 0) is 64.6 Å². The average Bonchev–Trinajstić information content (AvgIpc) is 3.35. The molecule has 0 saturated heterocycles. The van der Waals surface area contributed by atoms with Crippen molar-refractivity contribution in [3.63, 3.8) is 0 Å². The van der Waals surface area contributed by atoms with E-state index in [-0.39, 0.29) is 11.5 Å². The number of anilines is 1. The summed E-state index contributed by atoms with van der Waals surface area (Å²) in [6, 6.07) is 20.5. The third-order valence-electron chi connectivity index (χ3n) is 6.53. The average molecular weight is 501 g/mol. The molecule has 1 aliphatic heterocycles. The molecule has 194 valence electrons. The third kappa shape index (κ3) is 6.08. The SMILES string of the molecule is COc1cc(C=CC2=NN(c3ccc(C(C)(C)C)cc3)C(c3cc(OC)cc(OC)c3)C2)cc(OC)c1. The first-order valence-corrected chi connectivity index (χ1v) is 12.4. The molecule has 0 N–H and O–H groups in total. The summed E-state index contributed by atoms with van der Waals surface area (Å²) in [4.78, 5) is 0. The molecule has 0 bridgehead atoms. The van der Waals surface area contributed by atoms with Crippen LogP contribution >= 0.6 is 0 Å². The van der Waals surface area contributed by atoms with Crippen LogP contribution in [0.15, 0.2) is 71.8 Å². The topological polar surface area (TPSA) is 52.5 Å². The van der Waals surface area contributed by atoms with Gasteiger partial charge in [-0.25, -0.2) is 0 Å². The lowest BCUT2D eigenvalue weighted by Crippen LogP contribution is -2.19. The molecule has 4 rings (SSSR count). The van der Waals surface area contributed by atoms with Crippen molar-refractivity contribution in [1.82, 2.24) is 0 Å². The lowest BCUT2D eigenvalue weighted by atomic mass is 9.87. The Morgan fingerprint density at radius 3 is 1.73 bits per heavy atom. The maximum atomic E-state index is 5.55. The van der Waals surface area contributed by atoms with Crippen LogP contribution in [-0.2, 0) is 5.41 Å². The Labute approximate surface area is 220 Å². The number of benzene rings is 3. The van der Waals surface area contributed by atoms with Crippen molar-refractivity contribution < 1.29 is 18.9 Å². The van der Waals surface area contributed by atoms with Crippen LogP contribution in [-0.4, -0.2) is 34.2 Å². The molecule has 3 aromatic carbocycles. The molecule has 0 fully saturated rings. The molecular weight excluding hydrogens is 464 g/mol. The zero-order chi connectivity index (χ0) is 26.6. The normalized spacial score (nSPS) is 15.6. The predicted octanol–water partition coefficient (Wildman–Crippen LogP) is 7.04. The van der Waals surface area contributed by atoms with Crippen molar-refractivity contribution in [2.75, 3.05) is 33.4 Å². The summed E-state index contributed by atoms with van der Waals surface area (Å²) in [6.07, 6.45) is 4.83. The van der Waals surface area contributed by atoms with Gasteiger partial charge in [0.1, 0.15) is 23.0 Å². The lowest BCUT2D eigenvalue weighted by molar-refractivity contribution is 0.392. The summed E-state index contributed by atoms with van der Waals surface area (Å²) in [5.41, 5.74) is 5.42. The molecule has 0 radical (unpaired) electrons. The third-order valence-corrected chi connectivity index (χ3v) is 6.53. The van der Waals surface area contributed by atoms with E-state index in [9.17, 15) is 0 Å². The first kappa shape index (κ1) is 26.1. The molecule has 0 aromatic heterocycles. The fraction of sp³-hybridized carbons (Fsp3) is 0.323. The van der Waals surface area contributed by atoms with Crippen LogP contribution in [0.3, 0.4) is 0 Å². The number of hydrogen-bond donors (Lipinski definition) is 0. The number of hydrogen-bond acceptors (Lipinski definition) is 6. The molecular formula is C31H36N2O4. The van der Waals surface area contributed by atoms with Gasteiger partial charge in [0.2, 0.25) is 0 Å². The summed E-state index contributed by atoms with van der Waals surface area (Å²) in [6.45, 7) is 6.66. The van der Waals surface area contributed by atoms with Crippen molar-refractivity contribution >= 4 is 17.5 Å². The Morgan fingerprint density at radius 1 is 0.730 bits per heavy atom. The van der Waals surface area contributed by atoms with E-state index in [1.807, 2.05) is 30.3 Å². The van der Waals surface area contributed by atoms with Gasteiger partial charge >= 0.3 is 0 Å². The second-order valence-corrected chi connectivity index (χ2v) is 10.1. The molecule has 3 aromatic rings. The van der Waals surface area contributed by atoms with E-state index < -0.39 is 0 Å². The van der Waals surface area contributed by atoms with Gasteiger partial charge in [-0.1, -0.05) is 39.0 Å². The van der Waals surface area contributed by atoms with E-state index in [4.69, 9.17) is 24.0 Å². The first-order valence-electron chi connectivity index (χ1n) is 12.4. The van der Waals surface area contributed by atoms with Crippen LogP contribution in [0.1, 0.15) is 49.9 Å². The van der Waals surface area contributed by atoms with E-state index in [1.54, 1.807) is 28.4 Å². The smallest absolute Gasteiger partial charge is 0.123 e. The number of ether oxygens (including phenoxy) is 4. The Bertz CT molecular complexity index is 1250. The van der Waals surface area contributed by atoms with E-state index in [0.717, 1.165) is 51.9 Å². The summed E-state index contributed by atoms with van der Waals surface area (Å²) in [5, 5.41) is 7.13. The largest absolute Gasteiger partial charge is 0.497 e. The summed E-state index contributed by atoms with van der Waals surface area (Å²) < 4.78 is 21.9. The van der Waals surface area contributed by atoms with E-state index >= 15 is 0 Å². The number of nitrogens with zero attached hydrogens (tertiary/aromatic N) is 2. The Hall–Kier alpha value is -3.93. The monoisotopic (exact) mass is 500 g/mol. The van der Waals surface area contributed by atoms with Crippen molar-refractivity contribution in [2.45, 2.75) is 38.6 Å². The minimum atomic E-state index is -0.0102. The van der Waals surface area contributed by atoms with Crippen molar-refractivity contribution in [3.05, 3.63) is 83.4 Å². The Kier molecular flexibility index (Phi) is 7.77. The number of hydrazone groups is 1. The standard InChI is InChI=1S/C31H36N2O4/c1-31(2,3)23-9-12-25(13-10-23)33-30(22-16-28(36-6)20-29(17-22)37-7)18-24(32-33)11-8-21-14-26(34-4)19-27(15-21)35-5/h8-17,19-20,30H,18H2,1-7H3. The molecule has 1 unspecified atom stereocenters. The molecule has 0 amide bonds. The van der Waals surface area contributed by atoms with Gasteiger partial charge in [0.15, 0.2) is 0 Å². The molecule has 0 spiro atoms. The molecule has 0 saturated carbocycles. The zero-order valence-corrected chi connectivity index (χ0v) is 22.7. The van der Waals surface area contributed by atoms with Gasteiger partial charge < -0.3 is 18.9 Å². The van der Waals surface area contributed by atoms with Gasteiger partial charge in [0.25, 0.3) is 0 Å². The van der Waals surface area contributed by atoms with E-state index in [1.165, 1.54) is 5.56 Å². The highest BCUT2D eigenvalue weighted by atomic mass is 16.5. The zero-order valence-electron chi connectivity index (χ0n) is 22.7. The van der Waals surface area contributed by atoms with Crippen LogP contribution in [0, 0.1) is 0 Å². The van der Waals surface area contributed by atoms with Crippen LogP contribution in [0.25, 0.3) is 6.08 Å². The summed E-state index contributed by atoms with van der Waals surface area (Å²) in [7, 11) is 6.64. The molecule has 1 heterocycles. The van der Waals surface area contributed by atoms with Crippen LogP contribution in [0.5, 0.6) is 23.0 Å². The fourth-order valence-corrected chi connectivity index (χ4v) is 4.39. The van der Waals surface area contributed by atoms with Gasteiger partial charge in [0.05, 0.1) is 45.9 Å². The van der Waals surface area contributed by atoms with Gasteiger partial charge in [-0.15, -0.1) is 0 Å². The minimum Gasteiger partial charge on any atom is -0.497 e.